The normalized spacial score (nSPS) is 16.3. The summed E-state index contributed by atoms with van der Waals surface area (Å²) in [6, 6.07) is 9.98. The molecule has 0 N–H and O–H groups in total. The first-order valence-corrected chi connectivity index (χ1v) is 8.32. The number of amides is 1. The van der Waals surface area contributed by atoms with Crippen LogP contribution in [0.2, 0.25) is 0 Å². The molecular weight excluding hydrogens is 321 g/mol. The van der Waals surface area contributed by atoms with E-state index in [9.17, 15) is 9.18 Å². The van der Waals surface area contributed by atoms with Crippen LogP contribution in [0.3, 0.4) is 0 Å². The molecule has 1 heterocycles. The minimum atomic E-state index is -0.294. The van der Waals surface area contributed by atoms with Gasteiger partial charge in [0.15, 0.2) is 11.5 Å². The first-order valence-electron chi connectivity index (χ1n) is 8.32. The highest BCUT2D eigenvalue weighted by Gasteiger charge is 2.29. The Labute approximate surface area is 147 Å². The smallest absolute Gasteiger partial charge is 0.227 e. The van der Waals surface area contributed by atoms with E-state index < -0.39 is 0 Å². The largest absolute Gasteiger partial charge is 0.493 e. The molecular formula is C20H22FNO3. The second kappa shape index (κ2) is 7.13. The van der Waals surface area contributed by atoms with E-state index in [1.165, 1.54) is 17.7 Å². The Morgan fingerprint density at radius 1 is 1.16 bits per heavy atom. The van der Waals surface area contributed by atoms with Crippen molar-refractivity contribution in [3.05, 3.63) is 58.9 Å². The van der Waals surface area contributed by atoms with E-state index in [1.807, 2.05) is 24.0 Å². The molecule has 0 aromatic heterocycles. The maximum absolute atomic E-state index is 13.0. The molecule has 0 saturated carbocycles. The van der Waals surface area contributed by atoms with Gasteiger partial charge >= 0.3 is 0 Å². The molecule has 4 nitrogen and oxygen atoms in total. The standard InChI is InChI=1S/C20H22FNO3/c1-13-17-12-19(25-3)18(24-2)11-15(17)8-9-22(13)20(23)10-14-4-6-16(21)7-5-14/h4-7,11-13H,8-10H2,1-3H3. The fraction of sp³-hybridized carbons (Fsp3) is 0.350. The highest BCUT2D eigenvalue weighted by atomic mass is 19.1. The molecule has 1 atom stereocenters. The number of ether oxygens (including phenoxy) is 2. The van der Waals surface area contributed by atoms with Gasteiger partial charge < -0.3 is 14.4 Å². The van der Waals surface area contributed by atoms with Crippen molar-refractivity contribution in [1.29, 1.82) is 0 Å². The van der Waals surface area contributed by atoms with Crippen molar-refractivity contribution in [3.8, 4) is 11.5 Å². The zero-order valence-electron chi connectivity index (χ0n) is 14.7. The van der Waals surface area contributed by atoms with Crippen LogP contribution in [-0.2, 0) is 17.6 Å². The van der Waals surface area contributed by atoms with Gasteiger partial charge in [0.2, 0.25) is 5.91 Å². The van der Waals surface area contributed by atoms with Crippen LogP contribution in [0.5, 0.6) is 11.5 Å². The van der Waals surface area contributed by atoms with E-state index in [0.717, 1.165) is 17.5 Å². The van der Waals surface area contributed by atoms with Crippen LogP contribution in [0.4, 0.5) is 4.39 Å². The lowest BCUT2D eigenvalue weighted by Crippen LogP contribution is -2.39. The quantitative estimate of drug-likeness (QED) is 0.852. The van der Waals surface area contributed by atoms with Crippen LogP contribution in [0, 0.1) is 5.82 Å². The van der Waals surface area contributed by atoms with Crippen molar-refractivity contribution in [2.24, 2.45) is 0 Å². The minimum absolute atomic E-state index is 0.0412. The van der Waals surface area contributed by atoms with Gasteiger partial charge in [-0.3, -0.25) is 4.79 Å². The maximum Gasteiger partial charge on any atom is 0.227 e. The molecule has 0 spiro atoms. The summed E-state index contributed by atoms with van der Waals surface area (Å²) < 4.78 is 23.8. The molecule has 1 aliphatic rings. The predicted octanol–water partition coefficient (Wildman–Crippen LogP) is 3.53. The van der Waals surface area contributed by atoms with Crippen molar-refractivity contribution in [3.63, 3.8) is 0 Å². The second-order valence-electron chi connectivity index (χ2n) is 6.22. The first kappa shape index (κ1) is 17.3. The number of hydrogen-bond donors (Lipinski definition) is 0. The monoisotopic (exact) mass is 343 g/mol. The van der Waals surface area contributed by atoms with Gasteiger partial charge in [-0.1, -0.05) is 12.1 Å². The lowest BCUT2D eigenvalue weighted by atomic mass is 9.92. The highest BCUT2D eigenvalue weighted by molar-refractivity contribution is 5.79. The van der Waals surface area contributed by atoms with Crippen molar-refractivity contribution < 1.29 is 18.7 Å². The molecule has 3 rings (SSSR count). The fourth-order valence-electron chi connectivity index (χ4n) is 3.36. The number of methoxy groups -OCH3 is 2. The number of carbonyl (C=O) groups is 1. The Hall–Kier alpha value is -2.56. The molecule has 25 heavy (non-hydrogen) atoms. The van der Waals surface area contributed by atoms with Crippen LogP contribution >= 0.6 is 0 Å². The number of nitrogens with zero attached hydrogens (tertiary/aromatic N) is 1. The zero-order chi connectivity index (χ0) is 18.0. The molecule has 0 bridgehead atoms. The summed E-state index contributed by atoms with van der Waals surface area (Å²) in [5.74, 6) is 1.12. The number of carbonyl (C=O) groups excluding carboxylic acids is 1. The summed E-state index contributed by atoms with van der Waals surface area (Å²) in [4.78, 5) is 14.6. The molecule has 0 saturated heterocycles. The molecule has 1 amide bonds. The van der Waals surface area contributed by atoms with Crippen LogP contribution < -0.4 is 9.47 Å². The molecule has 0 radical (unpaired) electrons. The number of rotatable bonds is 4. The van der Waals surface area contributed by atoms with E-state index in [4.69, 9.17) is 9.47 Å². The lowest BCUT2D eigenvalue weighted by molar-refractivity contribution is -0.133. The number of hydrogen-bond acceptors (Lipinski definition) is 3. The SMILES string of the molecule is COc1cc2c(cc1OC)C(C)N(C(=O)Cc1ccc(F)cc1)CC2. The zero-order valence-corrected chi connectivity index (χ0v) is 14.7. The summed E-state index contributed by atoms with van der Waals surface area (Å²) in [7, 11) is 3.23. The van der Waals surface area contributed by atoms with Crippen LogP contribution in [0.25, 0.3) is 0 Å². The summed E-state index contributed by atoms with van der Waals surface area (Å²) >= 11 is 0. The van der Waals surface area contributed by atoms with Crippen LogP contribution in [0.15, 0.2) is 36.4 Å². The van der Waals surface area contributed by atoms with E-state index in [2.05, 4.69) is 0 Å². The van der Waals surface area contributed by atoms with Crippen LogP contribution in [0.1, 0.15) is 29.7 Å². The summed E-state index contributed by atoms with van der Waals surface area (Å²) in [6.45, 7) is 2.68. The van der Waals surface area contributed by atoms with E-state index in [-0.39, 0.29) is 24.2 Å². The summed E-state index contributed by atoms with van der Waals surface area (Å²) in [5.41, 5.74) is 3.07. The first-order chi connectivity index (χ1) is 12.0. The minimum Gasteiger partial charge on any atom is -0.493 e. The van der Waals surface area contributed by atoms with E-state index >= 15 is 0 Å². The average molecular weight is 343 g/mol. The molecule has 2 aromatic carbocycles. The van der Waals surface area contributed by atoms with E-state index in [1.54, 1.807) is 26.4 Å². The maximum atomic E-state index is 13.0. The average Bonchev–Trinajstić information content (AvgIpc) is 2.62. The third-order valence-corrected chi connectivity index (χ3v) is 4.77. The molecule has 0 fully saturated rings. The van der Waals surface area contributed by atoms with Gasteiger partial charge in [-0.2, -0.15) is 0 Å². The second-order valence-corrected chi connectivity index (χ2v) is 6.22. The van der Waals surface area contributed by atoms with Gasteiger partial charge in [-0.15, -0.1) is 0 Å². The Kier molecular flexibility index (Phi) is 4.93. The van der Waals surface area contributed by atoms with Gasteiger partial charge in [-0.05, 0) is 54.3 Å². The molecule has 2 aromatic rings. The summed E-state index contributed by atoms with van der Waals surface area (Å²) in [5, 5.41) is 0. The van der Waals surface area contributed by atoms with Crippen molar-refractivity contribution in [2.75, 3.05) is 20.8 Å². The molecule has 1 aliphatic heterocycles. The van der Waals surface area contributed by atoms with Crippen molar-refractivity contribution >= 4 is 5.91 Å². The van der Waals surface area contributed by atoms with Gasteiger partial charge in [0.25, 0.3) is 0 Å². The highest BCUT2D eigenvalue weighted by Crippen LogP contribution is 2.38. The molecule has 5 heteroatoms. The van der Waals surface area contributed by atoms with Gasteiger partial charge in [-0.25, -0.2) is 4.39 Å². The van der Waals surface area contributed by atoms with Gasteiger partial charge in [0, 0.05) is 6.54 Å². The topological polar surface area (TPSA) is 38.8 Å². The Morgan fingerprint density at radius 2 is 1.80 bits per heavy atom. The van der Waals surface area contributed by atoms with Crippen molar-refractivity contribution in [2.45, 2.75) is 25.8 Å². The summed E-state index contributed by atoms with van der Waals surface area (Å²) in [6.07, 6.45) is 1.04. The van der Waals surface area contributed by atoms with Gasteiger partial charge in [0.05, 0.1) is 26.7 Å². The third-order valence-electron chi connectivity index (χ3n) is 4.77. The third kappa shape index (κ3) is 3.45. The molecule has 132 valence electrons. The Balaban J connectivity index is 1.81. The van der Waals surface area contributed by atoms with Gasteiger partial charge in [0.1, 0.15) is 5.82 Å². The van der Waals surface area contributed by atoms with E-state index in [0.29, 0.717) is 18.0 Å². The number of fused-ring (bicyclic) bond motifs is 1. The number of halogens is 1. The molecule has 1 unspecified atom stereocenters. The Bertz CT molecular complexity index is 773. The fourth-order valence-corrected chi connectivity index (χ4v) is 3.36. The van der Waals surface area contributed by atoms with Crippen molar-refractivity contribution in [1.82, 2.24) is 4.90 Å². The molecule has 0 aliphatic carbocycles. The predicted molar refractivity (Wildman–Crippen MR) is 93.5 cm³/mol. The lowest BCUT2D eigenvalue weighted by Gasteiger charge is -2.36. The Morgan fingerprint density at radius 3 is 2.44 bits per heavy atom. The van der Waals surface area contributed by atoms with Crippen LogP contribution in [-0.4, -0.2) is 31.6 Å². The number of benzene rings is 2.